The predicted octanol–water partition coefficient (Wildman–Crippen LogP) is 4.74. The normalized spacial score (nSPS) is 10.9. The minimum Gasteiger partial charge on any atom is -0.489 e. The van der Waals surface area contributed by atoms with Crippen LogP contribution in [0.25, 0.3) is 0 Å². The molecule has 5 nitrogen and oxygen atoms in total. The Bertz CT molecular complexity index is 974. The van der Waals surface area contributed by atoms with Crippen LogP contribution in [-0.2, 0) is 19.7 Å². The minimum absolute atomic E-state index is 0.0200. The van der Waals surface area contributed by atoms with E-state index in [-0.39, 0.29) is 5.91 Å². The Morgan fingerprint density at radius 2 is 2.04 bits per heavy atom. The van der Waals surface area contributed by atoms with Crippen LogP contribution >= 0.6 is 11.3 Å². The van der Waals surface area contributed by atoms with Gasteiger partial charge in [0.05, 0.1) is 11.1 Å². The number of nitrogens with zero attached hydrogens (tertiary/aromatic N) is 3. The molecule has 0 radical (unpaired) electrons. The highest BCUT2D eigenvalue weighted by Gasteiger charge is 2.17. The molecule has 0 fully saturated rings. The number of thiophene rings is 1. The smallest absolute Gasteiger partial charge is 0.263 e. The highest BCUT2D eigenvalue weighted by molar-refractivity contribution is 7.12. The first-order valence-corrected chi connectivity index (χ1v) is 10.3. The fourth-order valence-corrected chi connectivity index (χ4v) is 3.95. The van der Waals surface area contributed by atoms with E-state index in [0.717, 1.165) is 39.6 Å². The van der Waals surface area contributed by atoms with Gasteiger partial charge >= 0.3 is 0 Å². The van der Waals surface area contributed by atoms with Crippen LogP contribution in [0.1, 0.15) is 44.5 Å². The van der Waals surface area contributed by atoms with Gasteiger partial charge in [-0.15, -0.1) is 11.3 Å². The van der Waals surface area contributed by atoms with Crippen molar-refractivity contribution < 1.29 is 9.53 Å². The fraction of sp³-hybridized carbons (Fsp3) is 0.364. The summed E-state index contributed by atoms with van der Waals surface area (Å²) in [4.78, 5) is 15.3. The van der Waals surface area contributed by atoms with E-state index in [4.69, 9.17) is 4.74 Å². The summed E-state index contributed by atoms with van der Waals surface area (Å²) in [7, 11) is 1.83. The van der Waals surface area contributed by atoms with E-state index in [9.17, 15) is 4.79 Å². The molecule has 0 bridgehead atoms. The number of benzene rings is 1. The third-order valence-corrected chi connectivity index (χ3v) is 5.83. The van der Waals surface area contributed by atoms with Crippen molar-refractivity contribution in [3.05, 3.63) is 68.7 Å². The van der Waals surface area contributed by atoms with E-state index >= 15 is 0 Å². The van der Waals surface area contributed by atoms with Crippen molar-refractivity contribution in [2.75, 3.05) is 7.05 Å². The monoisotopic (exact) mass is 397 g/mol. The Morgan fingerprint density at radius 1 is 1.25 bits per heavy atom. The summed E-state index contributed by atoms with van der Waals surface area (Å²) in [5, 5.41) is 6.35. The van der Waals surface area contributed by atoms with Gasteiger partial charge in [0, 0.05) is 37.0 Å². The van der Waals surface area contributed by atoms with Crippen molar-refractivity contribution in [1.82, 2.24) is 14.7 Å². The number of carbonyl (C=O) groups excluding carboxylic acids is 1. The highest BCUT2D eigenvalue weighted by atomic mass is 32.1. The molecule has 0 N–H and O–H groups in total. The second kappa shape index (κ2) is 8.61. The molecular weight excluding hydrogens is 370 g/mol. The van der Waals surface area contributed by atoms with Crippen LogP contribution in [0.3, 0.4) is 0 Å². The Morgan fingerprint density at radius 3 is 2.75 bits per heavy atom. The van der Waals surface area contributed by atoms with E-state index < -0.39 is 0 Å². The summed E-state index contributed by atoms with van der Waals surface area (Å²) in [6.07, 6.45) is 1.85. The molecule has 0 saturated carbocycles. The molecule has 0 atom stereocenters. The lowest BCUT2D eigenvalue weighted by Gasteiger charge is -2.16. The van der Waals surface area contributed by atoms with E-state index in [1.165, 1.54) is 16.9 Å². The molecule has 0 aliphatic heterocycles. The number of amides is 1. The summed E-state index contributed by atoms with van der Waals surface area (Å²) >= 11 is 1.46. The standard InChI is InChI=1S/C22H27N3O2S/c1-6-25-17(4)19(11-23-25)12-24(5)22(26)21-10-18(14-28-21)13-27-20-9-15(2)7-8-16(20)3/h7-11,14H,6,12-13H2,1-5H3. The van der Waals surface area contributed by atoms with Crippen LogP contribution in [0.4, 0.5) is 0 Å². The van der Waals surface area contributed by atoms with Crippen molar-refractivity contribution in [2.45, 2.75) is 47.4 Å². The van der Waals surface area contributed by atoms with Gasteiger partial charge in [-0.1, -0.05) is 12.1 Å². The highest BCUT2D eigenvalue weighted by Crippen LogP contribution is 2.23. The summed E-state index contributed by atoms with van der Waals surface area (Å²) < 4.78 is 7.90. The summed E-state index contributed by atoms with van der Waals surface area (Å²) in [5.74, 6) is 0.909. The van der Waals surface area contributed by atoms with E-state index in [1.54, 1.807) is 4.90 Å². The largest absolute Gasteiger partial charge is 0.489 e. The molecule has 1 aromatic carbocycles. The number of hydrogen-bond acceptors (Lipinski definition) is 4. The third kappa shape index (κ3) is 4.44. The van der Waals surface area contributed by atoms with Gasteiger partial charge in [0.1, 0.15) is 12.4 Å². The molecule has 0 spiro atoms. The number of aromatic nitrogens is 2. The fourth-order valence-electron chi connectivity index (χ4n) is 3.06. The molecule has 1 amide bonds. The second-order valence-corrected chi connectivity index (χ2v) is 8.02. The predicted molar refractivity (Wildman–Crippen MR) is 113 cm³/mol. The lowest BCUT2D eigenvalue weighted by atomic mass is 10.1. The van der Waals surface area contributed by atoms with Gasteiger partial charge in [-0.3, -0.25) is 9.48 Å². The van der Waals surface area contributed by atoms with Crippen LogP contribution in [0.2, 0.25) is 0 Å². The van der Waals surface area contributed by atoms with E-state index in [2.05, 4.69) is 31.1 Å². The molecule has 0 unspecified atom stereocenters. The minimum atomic E-state index is 0.0200. The van der Waals surface area contributed by atoms with Gasteiger partial charge in [0.15, 0.2) is 0 Å². The Balaban J connectivity index is 1.63. The summed E-state index contributed by atoms with van der Waals surface area (Å²) in [6, 6.07) is 8.10. The molecule has 3 aromatic rings. The maximum Gasteiger partial charge on any atom is 0.263 e. The maximum absolute atomic E-state index is 12.8. The van der Waals surface area contributed by atoms with Crippen LogP contribution < -0.4 is 4.74 Å². The summed E-state index contributed by atoms with van der Waals surface area (Å²) in [5.41, 5.74) is 5.48. The van der Waals surface area contributed by atoms with Gasteiger partial charge in [0.25, 0.3) is 5.91 Å². The van der Waals surface area contributed by atoms with Crippen molar-refractivity contribution in [3.8, 4) is 5.75 Å². The molecule has 6 heteroatoms. The molecule has 3 rings (SSSR count). The van der Waals surface area contributed by atoms with Gasteiger partial charge in [0.2, 0.25) is 0 Å². The van der Waals surface area contributed by atoms with Crippen molar-refractivity contribution in [3.63, 3.8) is 0 Å². The Kier molecular flexibility index (Phi) is 6.19. The Labute approximate surface area is 170 Å². The molecule has 148 valence electrons. The second-order valence-electron chi connectivity index (χ2n) is 7.11. The number of rotatable bonds is 7. The van der Waals surface area contributed by atoms with E-state index in [0.29, 0.717) is 13.2 Å². The lowest BCUT2D eigenvalue weighted by Crippen LogP contribution is -2.25. The van der Waals surface area contributed by atoms with Crippen LogP contribution in [0.15, 0.2) is 35.8 Å². The number of hydrogen-bond donors (Lipinski definition) is 0. The van der Waals surface area contributed by atoms with Crippen LogP contribution in [-0.4, -0.2) is 27.6 Å². The average molecular weight is 398 g/mol. The van der Waals surface area contributed by atoms with Gasteiger partial charge < -0.3 is 9.64 Å². The van der Waals surface area contributed by atoms with Crippen LogP contribution in [0.5, 0.6) is 5.75 Å². The zero-order valence-corrected chi connectivity index (χ0v) is 18.0. The Hall–Kier alpha value is -2.60. The quantitative estimate of drug-likeness (QED) is 0.578. The topological polar surface area (TPSA) is 47.4 Å². The summed E-state index contributed by atoms with van der Waals surface area (Å²) in [6.45, 7) is 10.0. The molecule has 0 saturated heterocycles. The number of aryl methyl sites for hydroxylation is 3. The maximum atomic E-state index is 12.8. The molecule has 28 heavy (non-hydrogen) atoms. The first kappa shape index (κ1) is 20.1. The molecule has 0 aliphatic carbocycles. The zero-order chi connectivity index (χ0) is 20.3. The lowest BCUT2D eigenvalue weighted by molar-refractivity contribution is 0.0789. The van der Waals surface area contributed by atoms with Crippen molar-refractivity contribution in [1.29, 1.82) is 0 Å². The molecular formula is C22H27N3O2S. The first-order chi connectivity index (χ1) is 13.4. The van der Waals surface area contributed by atoms with E-state index in [1.807, 2.05) is 49.3 Å². The zero-order valence-electron chi connectivity index (χ0n) is 17.2. The van der Waals surface area contributed by atoms with Gasteiger partial charge in [-0.05, 0) is 56.3 Å². The SMILES string of the molecule is CCn1ncc(CN(C)C(=O)c2cc(COc3cc(C)ccc3C)cs2)c1C. The first-order valence-electron chi connectivity index (χ1n) is 9.43. The number of carbonyl (C=O) groups is 1. The average Bonchev–Trinajstić information content (AvgIpc) is 3.29. The van der Waals surface area contributed by atoms with Gasteiger partial charge in [-0.25, -0.2) is 0 Å². The molecule has 2 aromatic heterocycles. The third-order valence-electron chi connectivity index (χ3n) is 4.86. The van der Waals surface area contributed by atoms with Crippen molar-refractivity contribution in [2.24, 2.45) is 0 Å². The number of ether oxygens (including phenoxy) is 1. The van der Waals surface area contributed by atoms with Crippen LogP contribution in [0, 0.1) is 20.8 Å². The van der Waals surface area contributed by atoms with Crippen molar-refractivity contribution >= 4 is 17.2 Å². The molecule has 0 aliphatic rings. The van der Waals surface area contributed by atoms with Gasteiger partial charge in [-0.2, -0.15) is 5.10 Å². The molecule has 2 heterocycles.